The van der Waals surface area contributed by atoms with Crippen molar-refractivity contribution >= 4 is 5.69 Å². The molecule has 0 spiro atoms. The molecule has 6 nitrogen and oxygen atoms in total. The highest BCUT2D eigenvalue weighted by molar-refractivity contribution is 5.45. The molecule has 0 saturated carbocycles. The van der Waals surface area contributed by atoms with E-state index in [0.29, 0.717) is 25.0 Å². The molecule has 0 amide bonds. The molecule has 1 saturated heterocycles. The number of rotatable bonds is 5. The Labute approximate surface area is 118 Å². The molecule has 0 bridgehead atoms. The lowest BCUT2D eigenvalue weighted by molar-refractivity contribution is -0.386. The average molecular weight is 280 g/mol. The molecule has 1 aromatic carbocycles. The summed E-state index contributed by atoms with van der Waals surface area (Å²) < 4.78 is 11.2. The van der Waals surface area contributed by atoms with Crippen LogP contribution in [0.1, 0.15) is 13.8 Å². The van der Waals surface area contributed by atoms with E-state index in [4.69, 9.17) is 9.47 Å². The Hall–Kier alpha value is -1.66. The quantitative estimate of drug-likeness (QED) is 0.610. The minimum absolute atomic E-state index is 0.0102. The number of benzene rings is 1. The fourth-order valence-corrected chi connectivity index (χ4v) is 2.22. The normalized spacial score (nSPS) is 20.1. The van der Waals surface area contributed by atoms with Gasteiger partial charge in [0.2, 0.25) is 0 Å². The molecule has 1 aromatic rings. The molecule has 110 valence electrons. The number of morpholine rings is 1. The smallest absolute Gasteiger partial charge is 0.310 e. The third-order valence-electron chi connectivity index (χ3n) is 3.39. The van der Waals surface area contributed by atoms with Crippen LogP contribution in [-0.2, 0) is 4.74 Å². The van der Waals surface area contributed by atoms with Crippen molar-refractivity contribution in [1.82, 2.24) is 4.90 Å². The van der Waals surface area contributed by atoms with E-state index in [-0.39, 0.29) is 11.8 Å². The Balaban J connectivity index is 1.94. The summed E-state index contributed by atoms with van der Waals surface area (Å²) in [7, 11) is 0. The van der Waals surface area contributed by atoms with Gasteiger partial charge < -0.3 is 9.47 Å². The van der Waals surface area contributed by atoms with Crippen molar-refractivity contribution in [1.29, 1.82) is 0 Å². The van der Waals surface area contributed by atoms with Gasteiger partial charge in [0.15, 0.2) is 5.75 Å². The van der Waals surface area contributed by atoms with Crippen LogP contribution in [0.4, 0.5) is 5.69 Å². The Kier molecular flexibility index (Phi) is 4.92. The van der Waals surface area contributed by atoms with Gasteiger partial charge in [0, 0.05) is 25.2 Å². The van der Waals surface area contributed by atoms with Crippen LogP contribution >= 0.6 is 0 Å². The first kappa shape index (κ1) is 14.7. The van der Waals surface area contributed by atoms with E-state index in [9.17, 15) is 10.1 Å². The van der Waals surface area contributed by atoms with Crippen molar-refractivity contribution in [2.24, 2.45) is 0 Å². The van der Waals surface area contributed by atoms with E-state index >= 15 is 0 Å². The zero-order chi connectivity index (χ0) is 14.5. The van der Waals surface area contributed by atoms with E-state index in [1.54, 1.807) is 18.2 Å². The highest BCUT2D eigenvalue weighted by atomic mass is 16.6. The fourth-order valence-electron chi connectivity index (χ4n) is 2.22. The number of nitro groups is 1. The Morgan fingerprint density at radius 3 is 2.95 bits per heavy atom. The maximum absolute atomic E-state index is 10.9. The van der Waals surface area contributed by atoms with Crippen LogP contribution in [0, 0.1) is 10.1 Å². The SMILES string of the molecule is CC(C)N1CCO[C@@H](COc2ccccc2[N+](=O)[O-])C1. The van der Waals surface area contributed by atoms with E-state index in [1.165, 1.54) is 6.07 Å². The van der Waals surface area contributed by atoms with Crippen molar-refractivity contribution in [3.63, 3.8) is 0 Å². The molecule has 2 rings (SSSR count). The first-order valence-corrected chi connectivity index (χ1v) is 6.80. The first-order chi connectivity index (χ1) is 9.58. The van der Waals surface area contributed by atoms with Crippen LogP contribution in [0.15, 0.2) is 24.3 Å². The molecular formula is C14H20N2O4. The summed E-state index contributed by atoms with van der Waals surface area (Å²) in [6, 6.07) is 6.87. The summed E-state index contributed by atoms with van der Waals surface area (Å²) in [5.74, 6) is 0.294. The molecule has 0 aromatic heterocycles. The maximum atomic E-state index is 10.9. The molecule has 6 heteroatoms. The number of nitro benzene ring substituents is 1. The first-order valence-electron chi connectivity index (χ1n) is 6.80. The largest absolute Gasteiger partial charge is 0.484 e. The van der Waals surface area contributed by atoms with Gasteiger partial charge in [0.1, 0.15) is 12.7 Å². The van der Waals surface area contributed by atoms with Crippen molar-refractivity contribution in [2.45, 2.75) is 26.0 Å². The number of ether oxygens (including phenoxy) is 2. The average Bonchev–Trinajstić information content (AvgIpc) is 2.45. The van der Waals surface area contributed by atoms with Crippen LogP contribution in [0.3, 0.4) is 0 Å². The Morgan fingerprint density at radius 2 is 2.25 bits per heavy atom. The van der Waals surface area contributed by atoms with Gasteiger partial charge in [-0.05, 0) is 19.9 Å². The second-order valence-corrected chi connectivity index (χ2v) is 5.12. The molecule has 0 N–H and O–H groups in total. The number of para-hydroxylation sites is 2. The summed E-state index contributed by atoms with van der Waals surface area (Å²) in [5, 5.41) is 10.9. The number of hydrogen-bond donors (Lipinski definition) is 0. The van der Waals surface area contributed by atoms with Crippen LogP contribution in [-0.4, -0.2) is 48.3 Å². The van der Waals surface area contributed by atoms with Crippen molar-refractivity contribution < 1.29 is 14.4 Å². The predicted molar refractivity (Wildman–Crippen MR) is 75.0 cm³/mol. The van der Waals surface area contributed by atoms with Gasteiger partial charge in [-0.25, -0.2) is 0 Å². The number of hydrogen-bond acceptors (Lipinski definition) is 5. The van der Waals surface area contributed by atoms with Gasteiger partial charge in [0.05, 0.1) is 11.5 Å². The van der Waals surface area contributed by atoms with Gasteiger partial charge in [-0.15, -0.1) is 0 Å². The minimum atomic E-state index is -0.433. The summed E-state index contributed by atoms with van der Waals surface area (Å²) in [6.07, 6.45) is -0.0500. The second-order valence-electron chi connectivity index (χ2n) is 5.12. The molecule has 1 heterocycles. The van der Waals surface area contributed by atoms with Crippen molar-refractivity contribution in [3.8, 4) is 5.75 Å². The van der Waals surface area contributed by atoms with Crippen molar-refractivity contribution in [3.05, 3.63) is 34.4 Å². The topological polar surface area (TPSA) is 64.8 Å². The second kappa shape index (κ2) is 6.67. The minimum Gasteiger partial charge on any atom is -0.484 e. The van der Waals surface area contributed by atoms with E-state index in [1.807, 2.05) is 0 Å². The molecule has 0 unspecified atom stereocenters. The van der Waals surface area contributed by atoms with Crippen LogP contribution < -0.4 is 4.74 Å². The lowest BCUT2D eigenvalue weighted by atomic mass is 10.2. The highest BCUT2D eigenvalue weighted by Crippen LogP contribution is 2.26. The van der Waals surface area contributed by atoms with E-state index in [0.717, 1.165) is 13.1 Å². The zero-order valence-corrected chi connectivity index (χ0v) is 11.8. The zero-order valence-electron chi connectivity index (χ0n) is 11.8. The molecule has 1 fully saturated rings. The molecule has 1 atom stereocenters. The van der Waals surface area contributed by atoms with Gasteiger partial charge >= 0.3 is 5.69 Å². The van der Waals surface area contributed by atoms with Crippen LogP contribution in [0.2, 0.25) is 0 Å². The molecule has 1 aliphatic heterocycles. The van der Waals surface area contributed by atoms with Crippen LogP contribution in [0.5, 0.6) is 5.75 Å². The van der Waals surface area contributed by atoms with E-state index < -0.39 is 4.92 Å². The standard InChI is InChI=1S/C14H20N2O4/c1-11(2)15-7-8-19-12(9-15)10-20-14-6-4-3-5-13(14)16(17)18/h3-6,11-12H,7-10H2,1-2H3/t12-/m1/s1. The summed E-state index contributed by atoms with van der Waals surface area (Å²) in [6.45, 7) is 6.99. The third kappa shape index (κ3) is 3.68. The Bertz CT molecular complexity index is 464. The Morgan fingerprint density at radius 1 is 1.50 bits per heavy atom. The maximum Gasteiger partial charge on any atom is 0.310 e. The van der Waals surface area contributed by atoms with Gasteiger partial charge in [-0.1, -0.05) is 12.1 Å². The molecule has 20 heavy (non-hydrogen) atoms. The number of nitrogens with zero attached hydrogens (tertiary/aromatic N) is 2. The van der Waals surface area contributed by atoms with Crippen LogP contribution in [0.25, 0.3) is 0 Å². The molecule has 1 aliphatic rings. The van der Waals surface area contributed by atoms with Gasteiger partial charge in [-0.3, -0.25) is 15.0 Å². The van der Waals surface area contributed by atoms with E-state index in [2.05, 4.69) is 18.7 Å². The monoisotopic (exact) mass is 280 g/mol. The fraction of sp³-hybridized carbons (Fsp3) is 0.571. The lowest BCUT2D eigenvalue weighted by Gasteiger charge is -2.35. The van der Waals surface area contributed by atoms with Crippen molar-refractivity contribution in [2.75, 3.05) is 26.3 Å². The summed E-state index contributed by atoms with van der Waals surface area (Å²) in [4.78, 5) is 12.8. The lowest BCUT2D eigenvalue weighted by Crippen LogP contribution is -2.47. The predicted octanol–water partition coefficient (Wildman–Crippen LogP) is 2.08. The summed E-state index contributed by atoms with van der Waals surface area (Å²) >= 11 is 0. The van der Waals surface area contributed by atoms with Gasteiger partial charge in [-0.2, -0.15) is 0 Å². The highest BCUT2D eigenvalue weighted by Gasteiger charge is 2.23. The molecule has 0 aliphatic carbocycles. The van der Waals surface area contributed by atoms with Gasteiger partial charge in [0.25, 0.3) is 0 Å². The summed E-state index contributed by atoms with van der Waals surface area (Å²) in [5.41, 5.74) is -0.0102. The third-order valence-corrected chi connectivity index (χ3v) is 3.39. The molecule has 0 radical (unpaired) electrons. The molecular weight excluding hydrogens is 260 g/mol.